The summed E-state index contributed by atoms with van der Waals surface area (Å²) in [4.78, 5) is 21.7. The number of benzene rings is 1. The van der Waals surface area contributed by atoms with Crippen LogP contribution in [-0.2, 0) is 13.1 Å². The maximum Gasteiger partial charge on any atom is 0.269 e. The second-order valence-corrected chi connectivity index (χ2v) is 4.34. The molecule has 6 nitrogen and oxygen atoms in total. The number of nitro benzene ring substituents is 1. The van der Waals surface area contributed by atoms with E-state index in [-0.39, 0.29) is 11.2 Å². The van der Waals surface area contributed by atoms with Crippen molar-refractivity contribution in [2.45, 2.75) is 13.1 Å². The number of non-ortho nitro benzene ring substituents is 1. The molecule has 0 unspecified atom stereocenters. The summed E-state index contributed by atoms with van der Waals surface area (Å²) in [5.41, 5.74) is 0.896. The van der Waals surface area contributed by atoms with Gasteiger partial charge in [0.25, 0.3) is 11.2 Å². The summed E-state index contributed by atoms with van der Waals surface area (Å²) in [7, 11) is 0. The van der Waals surface area contributed by atoms with Crippen LogP contribution in [0.4, 0.5) is 5.69 Å². The van der Waals surface area contributed by atoms with Crippen molar-refractivity contribution in [3.8, 4) is 0 Å². The first kappa shape index (κ1) is 14.0. The lowest BCUT2D eigenvalue weighted by Gasteiger charge is -2.07. The Labute approximate surface area is 115 Å². The van der Waals surface area contributed by atoms with Crippen LogP contribution in [0.3, 0.4) is 0 Å². The molecule has 0 spiro atoms. The fourth-order valence-corrected chi connectivity index (χ4v) is 1.86. The summed E-state index contributed by atoms with van der Waals surface area (Å²) in [6.07, 6.45) is 1.73. The molecule has 0 aliphatic carbocycles. The van der Waals surface area contributed by atoms with Gasteiger partial charge in [-0.2, -0.15) is 0 Å². The number of nitrogens with one attached hydrogen (secondary N) is 1. The number of hydrogen-bond acceptors (Lipinski definition) is 4. The second-order valence-electron chi connectivity index (χ2n) is 4.34. The molecule has 0 saturated heterocycles. The first-order valence-electron chi connectivity index (χ1n) is 6.26. The second kappa shape index (κ2) is 6.63. The molecule has 2 rings (SSSR count). The molecule has 0 bridgehead atoms. The fraction of sp³-hybridized carbons (Fsp3) is 0.214. The molecule has 0 aliphatic heterocycles. The third-order valence-corrected chi connectivity index (χ3v) is 2.88. The summed E-state index contributed by atoms with van der Waals surface area (Å²) in [6, 6.07) is 11.5. The lowest BCUT2D eigenvalue weighted by Crippen LogP contribution is -2.25. The molecule has 0 fully saturated rings. The van der Waals surface area contributed by atoms with E-state index in [2.05, 4.69) is 5.32 Å². The highest BCUT2D eigenvalue weighted by molar-refractivity contribution is 5.34. The van der Waals surface area contributed by atoms with Gasteiger partial charge in [-0.1, -0.05) is 18.2 Å². The van der Waals surface area contributed by atoms with Crippen molar-refractivity contribution in [1.29, 1.82) is 0 Å². The SMILES string of the molecule is O=c1ccccn1CCNCc1cccc([N+](=O)[O-])c1. The number of hydrogen-bond donors (Lipinski definition) is 1. The van der Waals surface area contributed by atoms with Gasteiger partial charge in [-0.3, -0.25) is 14.9 Å². The predicted molar refractivity (Wildman–Crippen MR) is 75.5 cm³/mol. The monoisotopic (exact) mass is 273 g/mol. The Morgan fingerprint density at radius 2 is 2.05 bits per heavy atom. The first-order chi connectivity index (χ1) is 9.66. The Bertz CT molecular complexity index is 652. The molecule has 0 atom stereocenters. The molecule has 0 saturated carbocycles. The molecule has 1 aromatic heterocycles. The van der Waals surface area contributed by atoms with E-state index in [0.717, 1.165) is 5.56 Å². The number of rotatable bonds is 6. The summed E-state index contributed by atoms with van der Waals surface area (Å²) < 4.78 is 1.61. The lowest BCUT2D eigenvalue weighted by molar-refractivity contribution is -0.384. The number of nitrogens with zero attached hydrogens (tertiary/aromatic N) is 2. The van der Waals surface area contributed by atoms with Gasteiger partial charge in [0.15, 0.2) is 0 Å². The van der Waals surface area contributed by atoms with Gasteiger partial charge in [-0.15, -0.1) is 0 Å². The highest BCUT2D eigenvalue weighted by Crippen LogP contribution is 2.12. The number of aromatic nitrogens is 1. The van der Waals surface area contributed by atoms with E-state index >= 15 is 0 Å². The lowest BCUT2D eigenvalue weighted by atomic mass is 10.2. The van der Waals surface area contributed by atoms with Crippen LogP contribution in [0.25, 0.3) is 0 Å². The highest BCUT2D eigenvalue weighted by Gasteiger charge is 2.04. The van der Waals surface area contributed by atoms with Crippen LogP contribution >= 0.6 is 0 Å². The zero-order valence-corrected chi connectivity index (χ0v) is 10.9. The molecule has 0 radical (unpaired) electrons. The van der Waals surface area contributed by atoms with Crippen LogP contribution in [0.2, 0.25) is 0 Å². The molecule has 104 valence electrons. The fourth-order valence-electron chi connectivity index (χ4n) is 1.86. The standard InChI is InChI=1S/C14H15N3O3/c18-14-6-1-2-8-16(14)9-7-15-11-12-4-3-5-13(10-12)17(19)20/h1-6,8,10,15H,7,9,11H2. The summed E-state index contributed by atoms with van der Waals surface area (Å²) >= 11 is 0. The van der Waals surface area contributed by atoms with Crippen molar-refractivity contribution in [2.75, 3.05) is 6.54 Å². The highest BCUT2D eigenvalue weighted by atomic mass is 16.6. The maximum atomic E-state index is 11.5. The van der Waals surface area contributed by atoms with E-state index in [0.29, 0.717) is 19.6 Å². The molecule has 1 N–H and O–H groups in total. The molecule has 0 aliphatic rings. The Hall–Kier alpha value is -2.47. The minimum atomic E-state index is -0.410. The average Bonchev–Trinajstić information content (AvgIpc) is 2.45. The topological polar surface area (TPSA) is 77.2 Å². The normalized spacial score (nSPS) is 10.4. The van der Waals surface area contributed by atoms with Gasteiger partial charge in [0.2, 0.25) is 0 Å². The van der Waals surface area contributed by atoms with E-state index in [1.807, 2.05) is 12.1 Å². The van der Waals surface area contributed by atoms with Gasteiger partial charge >= 0.3 is 0 Å². The van der Waals surface area contributed by atoms with Crippen LogP contribution in [0.1, 0.15) is 5.56 Å². The zero-order chi connectivity index (χ0) is 14.4. The van der Waals surface area contributed by atoms with Crippen LogP contribution in [0, 0.1) is 10.1 Å². The third kappa shape index (κ3) is 3.76. The van der Waals surface area contributed by atoms with Crippen LogP contribution in [0.5, 0.6) is 0 Å². The van der Waals surface area contributed by atoms with Crippen molar-refractivity contribution >= 4 is 5.69 Å². The molecule has 0 amide bonds. The minimum Gasteiger partial charge on any atom is -0.314 e. The zero-order valence-electron chi connectivity index (χ0n) is 10.9. The third-order valence-electron chi connectivity index (χ3n) is 2.88. The van der Waals surface area contributed by atoms with E-state index in [1.165, 1.54) is 12.1 Å². The first-order valence-corrected chi connectivity index (χ1v) is 6.26. The molecule has 1 aromatic carbocycles. The number of pyridine rings is 1. The van der Waals surface area contributed by atoms with Crippen molar-refractivity contribution in [3.63, 3.8) is 0 Å². The van der Waals surface area contributed by atoms with Gasteiger partial charge in [-0.05, 0) is 11.6 Å². The maximum absolute atomic E-state index is 11.5. The average molecular weight is 273 g/mol. The minimum absolute atomic E-state index is 0.0374. The molecule has 6 heteroatoms. The molecule has 2 aromatic rings. The molecular formula is C14H15N3O3. The predicted octanol–water partition coefficient (Wildman–Crippen LogP) is 1.55. The van der Waals surface area contributed by atoms with E-state index in [1.54, 1.807) is 29.0 Å². The van der Waals surface area contributed by atoms with E-state index in [9.17, 15) is 14.9 Å². The molecular weight excluding hydrogens is 258 g/mol. The Morgan fingerprint density at radius 1 is 1.20 bits per heavy atom. The van der Waals surface area contributed by atoms with E-state index in [4.69, 9.17) is 0 Å². The Balaban J connectivity index is 1.85. The van der Waals surface area contributed by atoms with Gasteiger partial charge in [0.1, 0.15) is 0 Å². The van der Waals surface area contributed by atoms with Crippen molar-refractivity contribution in [2.24, 2.45) is 0 Å². The van der Waals surface area contributed by atoms with Crippen LogP contribution in [-0.4, -0.2) is 16.0 Å². The summed E-state index contributed by atoms with van der Waals surface area (Å²) in [6.45, 7) is 1.71. The quantitative estimate of drug-likeness (QED) is 0.492. The Kier molecular flexibility index (Phi) is 4.62. The van der Waals surface area contributed by atoms with Crippen molar-refractivity contribution < 1.29 is 4.92 Å². The summed E-state index contributed by atoms with van der Waals surface area (Å²) in [5, 5.41) is 13.8. The molecule has 20 heavy (non-hydrogen) atoms. The largest absolute Gasteiger partial charge is 0.314 e. The molecule has 1 heterocycles. The van der Waals surface area contributed by atoms with Crippen molar-refractivity contribution in [3.05, 3.63) is 74.7 Å². The van der Waals surface area contributed by atoms with Crippen molar-refractivity contribution in [1.82, 2.24) is 9.88 Å². The van der Waals surface area contributed by atoms with Crippen LogP contribution < -0.4 is 10.9 Å². The van der Waals surface area contributed by atoms with E-state index < -0.39 is 4.92 Å². The summed E-state index contributed by atoms with van der Waals surface area (Å²) in [5.74, 6) is 0. The number of nitro groups is 1. The van der Waals surface area contributed by atoms with Gasteiger partial charge in [0, 0.05) is 44.0 Å². The smallest absolute Gasteiger partial charge is 0.269 e. The van der Waals surface area contributed by atoms with Gasteiger partial charge < -0.3 is 9.88 Å². The van der Waals surface area contributed by atoms with Gasteiger partial charge in [0.05, 0.1) is 4.92 Å². The van der Waals surface area contributed by atoms with Gasteiger partial charge in [-0.25, -0.2) is 0 Å². The Morgan fingerprint density at radius 3 is 2.80 bits per heavy atom. The van der Waals surface area contributed by atoms with Crippen LogP contribution in [0.15, 0.2) is 53.5 Å².